The van der Waals surface area contributed by atoms with Gasteiger partial charge in [-0.15, -0.1) is 0 Å². The molecule has 0 saturated heterocycles. The van der Waals surface area contributed by atoms with Crippen molar-refractivity contribution in [3.63, 3.8) is 0 Å². The molecule has 3 heteroatoms. The summed E-state index contributed by atoms with van der Waals surface area (Å²) in [4.78, 5) is 0. The number of rotatable bonds is 0. The first kappa shape index (κ1) is 5.56. The van der Waals surface area contributed by atoms with E-state index in [0.717, 1.165) is 10.9 Å². The van der Waals surface area contributed by atoms with Crippen LogP contribution in [0.3, 0.4) is 0 Å². The lowest BCUT2D eigenvalue weighted by Crippen LogP contribution is -2.10. The molecule has 1 unspecified atom stereocenters. The largest absolute Gasteiger partial charge is 0.742 e. The van der Waals surface area contributed by atoms with Crippen molar-refractivity contribution in [1.29, 1.82) is 0 Å². The topological polar surface area (TPSA) is 38.7 Å². The summed E-state index contributed by atoms with van der Waals surface area (Å²) < 4.78 is 0. The summed E-state index contributed by atoms with van der Waals surface area (Å²) in [7, 11) is 0. The van der Waals surface area contributed by atoms with Crippen LogP contribution in [-0.4, -0.2) is 17.4 Å². The van der Waals surface area contributed by atoms with Crippen LogP contribution in [0.2, 0.25) is 0 Å². The Hall–Kier alpha value is -0.570. The molecule has 3 nitrogen and oxygen atoms in total. The van der Waals surface area contributed by atoms with Gasteiger partial charge in [0.2, 0.25) is 0 Å². The molecule has 0 N–H and O–H groups in total. The Kier molecular flexibility index (Phi) is 1.21. The van der Waals surface area contributed by atoms with Crippen LogP contribution in [0.5, 0.6) is 0 Å². The van der Waals surface area contributed by atoms with E-state index < -0.39 is 0 Å². The average Bonchev–Trinajstić information content (AvgIpc) is 1.85. The Morgan fingerprint density at radius 3 is 2.62 bits per heavy atom. The lowest BCUT2D eigenvalue weighted by molar-refractivity contribution is 0.414. The third-order valence-corrected chi connectivity index (χ3v) is 1.41. The number of hydrogen-bond acceptors (Lipinski definition) is 3. The summed E-state index contributed by atoms with van der Waals surface area (Å²) in [6.07, 6.45) is 0. The minimum atomic E-state index is 0.354. The zero-order valence-electron chi connectivity index (χ0n) is 5.09. The van der Waals surface area contributed by atoms with Gasteiger partial charge in [0.15, 0.2) is 0 Å². The van der Waals surface area contributed by atoms with E-state index in [9.17, 15) is 5.21 Å². The molecule has 0 aromatic rings. The van der Waals surface area contributed by atoms with Gasteiger partial charge >= 0.3 is 0 Å². The zero-order valence-corrected chi connectivity index (χ0v) is 5.09. The summed E-state index contributed by atoms with van der Waals surface area (Å²) in [5.41, 5.74) is 0.944. The normalized spacial score (nSPS) is 28.6. The number of hydrogen-bond donors (Lipinski definition) is 0. The van der Waals surface area contributed by atoms with Crippen molar-refractivity contribution in [1.82, 2.24) is 5.17 Å². The first-order valence-electron chi connectivity index (χ1n) is 2.70. The van der Waals surface area contributed by atoms with Gasteiger partial charge < -0.3 is 10.4 Å². The molecule has 8 heavy (non-hydrogen) atoms. The van der Waals surface area contributed by atoms with E-state index in [2.05, 4.69) is 5.10 Å². The van der Waals surface area contributed by atoms with Crippen molar-refractivity contribution in [2.45, 2.75) is 13.8 Å². The first-order chi connectivity index (χ1) is 3.70. The lowest BCUT2D eigenvalue weighted by Gasteiger charge is -2.18. The van der Waals surface area contributed by atoms with Gasteiger partial charge in [0.05, 0.1) is 0 Å². The van der Waals surface area contributed by atoms with E-state index in [1.54, 1.807) is 0 Å². The highest BCUT2D eigenvalue weighted by atomic mass is 16.5. The quantitative estimate of drug-likeness (QED) is 0.466. The summed E-state index contributed by atoms with van der Waals surface area (Å²) in [5.74, 6) is 0.354. The number of hydrazone groups is 1. The van der Waals surface area contributed by atoms with E-state index in [1.165, 1.54) is 0 Å². The second kappa shape index (κ2) is 1.74. The smallest absolute Gasteiger partial charge is 0.0386 e. The molecule has 46 valence electrons. The molecule has 0 aliphatic carbocycles. The van der Waals surface area contributed by atoms with E-state index in [1.807, 2.05) is 13.8 Å². The molecule has 1 atom stereocenters. The summed E-state index contributed by atoms with van der Waals surface area (Å²) in [5, 5.41) is 14.8. The molecule has 1 aliphatic heterocycles. The fraction of sp³-hybridized carbons (Fsp3) is 0.800. The van der Waals surface area contributed by atoms with Gasteiger partial charge in [-0.1, -0.05) is 6.92 Å². The van der Waals surface area contributed by atoms with Gasteiger partial charge in [0.25, 0.3) is 0 Å². The fourth-order valence-electron chi connectivity index (χ4n) is 0.682. The zero-order chi connectivity index (χ0) is 6.15. The predicted molar refractivity (Wildman–Crippen MR) is 32.3 cm³/mol. The highest BCUT2D eigenvalue weighted by Crippen LogP contribution is 2.09. The van der Waals surface area contributed by atoms with Gasteiger partial charge in [0.1, 0.15) is 0 Å². The Bertz CT molecular complexity index is 122. The van der Waals surface area contributed by atoms with Crippen LogP contribution in [0.25, 0.3) is 0 Å². The highest BCUT2D eigenvalue weighted by Gasteiger charge is 2.11. The van der Waals surface area contributed by atoms with Crippen LogP contribution in [0.1, 0.15) is 13.8 Å². The number of nitrogens with zero attached hydrogens (tertiary/aromatic N) is 2. The number of hydroxylamine groups is 1. The van der Waals surface area contributed by atoms with Crippen LogP contribution in [0, 0.1) is 11.1 Å². The third-order valence-electron chi connectivity index (χ3n) is 1.41. The van der Waals surface area contributed by atoms with Gasteiger partial charge in [-0.05, 0) is 6.92 Å². The fourth-order valence-corrected chi connectivity index (χ4v) is 0.682. The molecule has 1 heterocycles. The van der Waals surface area contributed by atoms with Crippen LogP contribution < -0.4 is 0 Å². The Morgan fingerprint density at radius 1 is 1.88 bits per heavy atom. The van der Waals surface area contributed by atoms with Crippen molar-refractivity contribution < 1.29 is 0 Å². The molecular weight excluding hydrogens is 104 g/mol. The van der Waals surface area contributed by atoms with Crippen molar-refractivity contribution >= 4 is 5.71 Å². The minimum absolute atomic E-state index is 0.354. The second-order valence-corrected chi connectivity index (χ2v) is 2.18. The molecule has 1 aliphatic rings. The highest BCUT2D eigenvalue weighted by molar-refractivity contribution is 5.85. The molecule has 0 bridgehead atoms. The van der Waals surface area contributed by atoms with Gasteiger partial charge in [-0.2, -0.15) is 5.10 Å². The van der Waals surface area contributed by atoms with Gasteiger partial charge in [0, 0.05) is 18.2 Å². The van der Waals surface area contributed by atoms with Crippen LogP contribution in [0.4, 0.5) is 0 Å². The van der Waals surface area contributed by atoms with Crippen LogP contribution in [0.15, 0.2) is 5.10 Å². The molecule has 0 amide bonds. The van der Waals surface area contributed by atoms with Crippen LogP contribution in [-0.2, 0) is 0 Å². The van der Waals surface area contributed by atoms with E-state index in [0.29, 0.717) is 12.5 Å². The third kappa shape index (κ3) is 0.816. The van der Waals surface area contributed by atoms with Crippen molar-refractivity contribution in [2.24, 2.45) is 11.0 Å². The second-order valence-electron chi connectivity index (χ2n) is 2.18. The summed E-state index contributed by atoms with van der Waals surface area (Å²) >= 11 is 0. The molecular formula is C5H9N2O-. The first-order valence-corrected chi connectivity index (χ1v) is 2.70. The average molecular weight is 113 g/mol. The monoisotopic (exact) mass is 113 g/mol. The van der Waals surface area contributed by atoms with Gasteiger partial charge in [-0.3, -0.25) is 0 Å². The summed E-state index contributed by atoms with van der Waals surface area (Å²) in [6, 6.07) is 0. The SMILES string of the molecule is CC1=NN([O-])CC1C. The lowest BCUT2D eigenvalue weighted by atomic mass is 10.1. The van der Waals surface area contributed by atoms with Crippen molar-refractivity contribution in [3.05, 3.63) is 5.21 Å². The maximum atomic E-state index is 10.4. The van der Waals surface area contributed by atoms with Crippen molar-refractivity contribution in [3.8, 4) is 0 Å². The molecule has 0 aromatic heterocycles. The van der Waals surface area contributed by atoms with Crippen molar-refractivity contribution in [2.75, 3.05) is 6.54 Å². The minimum Gasteiger partial charge on any atom is -0.742 e. The molecule has 0 spiro atoms. The predicted octanol–water partition coefficient (Wildman–Crippen LogP) is 0.812. The molecule has 0 aromatic carbocycles. The Morgan fingerprint density at radius 2 is 2.50 bits per heavy atom. The van der Waals surface area contributed by atoms with Crippen LogP contribution >= 0.6 is 0 Å². The molecule has 1 rings (SSSR count). The summed E-state index contributed by atoms with van der Waals surface area (Å²) in [6.45, 7) is 4.41. The Balaban J connectivity index is 2.59. The molecule has 0 fully saturated rings. The standard InChI is InChI=1S/C5H9N2O/c1-4-3-7(8)6-5(4)2/h4H,3H2,1-2H3/q-1. The maximum absolute atomic E-state index is 10.4. The Labute approximate surface area is 48.6 Å². The van der Waals surface area contributed by atoms with Gasteiger partial charge in [-0.25, -0.2) is 0 Å². The molecule has 0 radical (unpaired) electrons. The van der Waals surface area contributed by atoms with E-state index >= 15 is 0 Å². The molecule has 0 saturated carbocycles. The maximum Gasteiger partial charge on any atom is 0.0386 e. The van der Waals surface area contributed by atoms with E-state index in [-0.39, 0.29) is 0 Å². The van der Waals surface area contributed by atoms with E-state index in [4.69, 9.17) is 0 Å².